The van der Waals surface area contributed by atoms with E-state index in [2.05, 4.69) is 57.7 Å². The molecule has 0 radical (unpaired) electrons. The van der Waals surface area contributed by atoms with Crippen LogP contribution in [0.2, 0.25) is 0 Å². The van der Waals surface area contributed by atoms with Crippen molar-refractivity contribution in [2.45, 2.75) is 13.0 Å². The van der Waals surface area contributed by atoms with Gasteiger partial charge in [0.05, 0.1) is 19.8 Å². The lowest BCUT2D eigenvalue weighted by Gasteiger charge is -2.30. The molecule has 2 aromatic carbocycles. The zero-order valence-electron chi connectivity index (χ0n) is 14.5. The molecule has 5 nitrogen and oxygen atoms in total. The largest absolute Gasteiger partial charge is 0.378 e. The van der Waals surface area contributed by atoms with Crippen LogP contribution in [0.25, 0.3) is 0 Å². The summed E-state index contributed by atoms with van der Waals surface area (Å²) in [4.78, 5) is 6.86. The van der Waals surface area contributed by atoms with Gasteiger partial charge in [-0.1, -0.05) is 48.5 Å². The lowest BCUT2D eigenvalue weighted by molar-refractivity contribution is 0.122. The van der Waals surface area contributed by atoms with Gasteiger partial charge in [0.2, 0.25) is 0 Å². The van der Waals surface area contributed by atoms with Crippen molar-refractivity contribution in [3.63, 3.8) is 0 Å². The van der Waals surface area contributed by atoms with Gasteiger partial charge < -0.3 is 20.7 Å². The highest BCUT2D eigenvalue weighted by molar-refractivity contribution is 5.78. The van der Waals surface area contributed by atoms with E-state index in [0.717, 1.165) is 39.3 Å². The molecule has 0 aromatic heterocycles. The number of para-hydroxylation sites is 1. The lowest BCUT2D eigenvalue weighted by atomic mass is 10.1. The van der Waals surface area contributed by atoms with Crippen LogP contribution in [-0.4, -0.2) is 38.8 Å². The van der Waals surface area contributed by atoms with Gasteiger partial charge in [-0.2, -0.15) is 0 Å². The predicted octanol–water partition coefficient (Wildman–Crippen LogP) is 2.17. The molecular weight excluding hydrogens is 312 g/mol. The Hall–Kier alpha value is -2.53. The monoisotopic (exact) mass is 338 g/mol. The molecule has 1 heterocycles. The quantitative estimate of drug-likeness (QED) is 0.626. The molecular formula is C20H26N4O. The minimum absolute atomic E-state index is 0.493. The van der Waals surface area contributed by atoms with Crippen molar-refractivity contribution in [1.82, 2.24) is 5.32 Å². The van der Waals surface area contributed by atoms with Crippen LogP contribution in [0.15, 0.2) is 59.6 Å². The normalized spacial score (nSPS) is 15.2. The van der Waals surface area contributed by atoms with Crippen LogP contribution in [-0.2, 0) is 17.7 Å². The molecule has 132 valence electrons. The minimum Gasteiger partial charge on any atom is -0.378 e. The highest BCUT2D eigenvalue weighted by Crippen LogP contribution is 2.22. The molecule has 1 saturated heterocycles. The maximum atomic E-state index is 6.02. The van der Waals surface area contributed by atoms with Gasteiger partial charge in [0, 0.05) is 25.3 Å². The third-order valence-corrected chi connectivity index (χ3v) is 4.33. The topological polar surface area (TPSA) is 62.9 Å². The minimum atomic E-state index is 0.493. The fraction of sp³-hybridized carbons (Fsp3) is 0.350. The summed E-state index contributed by atoms with van der Waals surface area (Å²) in [6.07, 6.45) is 0.932. The number of nitrogens with two attached hydrogens (primary N) is 1. The predicted molar refractivity (Wildman–Crippen MR) is 103 cm³/mol. The molecule has 0 bridgehead atoms. The van der Waals surface area contributed by atoms with E-state index in [4.69, 9.17) is 10.5 Å². The molecule has 1 aliphatic rings. The van der Waals surface area contributed by atoms with E-state index in [9.17, 15) is 0 Å². The molecule has 0 unspecified atom stereocenters. The number of benzene rings is 2. The number of nitrogens with one attached hydrogen (secondary N) is 1. The van der Waals surface area contributed by atoms with Crippen LogP contribution in [0.5, 0.6) is 0 Å². The molecule has 25 heavy (non-hydrogen) atoms. The standard InChI is InChI=1S/C20H26N4O/c21-20(22-11-10-17-6-2-1-3-7-17)23-16-18-8-4-5-9-19(18)24-12-14-25-15-13-24/h1-9H,10-16H2,(H3,21,22,23). The average Bonchev–Trinajstić information content (AvgIpc) is 2.68. The Morgan fingerprint density at radius 2 is 1.76 bits per heavy atom. The molecule has 3 N–H and O–H groups in total. The number of anilines is 1. The van der Waals surface area contributed by atoms with E-state index in [-0.39, 0.29) is 0 Å². The number of rotatable bonds is 6. The van der Waals surface area contributed by atoms with Crippen molar-refractivity contribution < 1.29 is 4.74 Å². The number of aliphatic imine (C=N–C) groups is 1. The van der Waals surface area contributed by atoms with Gasteiger partial charge in [-0.15, -0.1) is 0 Å². The van der Waals surface area contributed by atoms with Gasteiger partial charge in [0.15, 0.2) is 5.96 Å². The van der Waals surface area contributed by atoms with Crippen molar-refractivity contribution in [2.24, 2.45) is 10.7 Å². The van der Waals surface area contributed by atoms with Crippen LogP contribution in [0.3, 0.4) is 0 Å². The van der Waals surface area contributed by atoms with Crippen molar-refractivity contribution in [3.8, 4) is 0 Å². The Balaban J connectivity index is 1.54. The Bertz CT molecular complexity index is 681. The number of hydrogen-bond acceptors (Lipinski definition) is 3. The van der Waals surface area contributed by atoms with Gasteiger partial charge >= 0.3 is 0 Å². The summed E-state index contributed by atoms with van der Waals surface area (Å²) >= 11 is 0. The maximum absolute atomic E-state index is 6.02. The first-order valence-electron chi connectivity index (χ1n) is 8.81. The second-order valence-corrected chi connectivity index (χ2v) is 6.09. The van der Waals surface area contributed by atoms with E-state index in [0.29, 0.717) is 12.5 Å². The van der Waals surface area contributed by atoms with Crippen LogP contribution in [0.1, 0.15) is 11.1 Å². The summed E-state index contributed by atoms with van der Waals surface area (Å²) in [5.74, 6) is 0.493. The molecule has 5 heteroatoms. The lowest BCUT2D eigenvalue weighted by Crippen LogP contribution is -2.37. The molecule has 0 spiro atoms. The number of morpholine rings is 1. The van der Waals surface area contributed by atoms with Gasteiger partial charge in [0.25, 0.3) is 0 Å². The highest BCUT2D eigenvalue weighted by Gasteiger charge is 2.13. The molecule has 0 saturated carbocycles. The zero-order chi connectivity index (χ0) is 17.3. The molecule has 0 atom stereocenters. The Kier molecular flexibility index (Phi) is 6.29. The van der Waals surface area contributed by atoms with Crippen LogP contribution in [0, 0.1) is 0 Å². The van der Waals surface area contributed by atoms with Gasteiger partial charge in [-0.3, -0.25) is 0 Å². The molecule has 1 aliphatic heterocycles. The van der Waals surface area contributed by atoms with E-state index >= 15 is 0 Å². The SMILES string of the molecule is NC(=NCc1ccccc1N1CCOCC1)NCCc1ccccc1. The fourth-order valence-corrected chi connectivity index (χ4v) is 2.96. The zero-order valence-corrected chi connectivity index (χ0v) is 14.5. The first-order valence-corrected chi connectivity index (χ1v) is 8.81. The highest BCUT2D eigenvalue weighted by atomic mass is 16.5. The number of ether oxygens (including phenoxy) is 1. The van der Waals surface area contributed by atoms with E-state index < -0.39 is 0 Å². The van der Waals surface area contributed by atoms with Gasteiger partial charge in [0.1, 0.15) is 0 Å². The molecule has 3 rings (SSSR count). The van der Waals surface area contributed by atoms with Crippen molar-refractivity contribution in [1.29, 1.82) is 0 Å². The fourth-order valence-electron chi connectivity index (χ4n) is 2.96. The second kappa shape index (κ2) is 9.08. The maximum Gasteiger partial charge on any atom is 0.188 e. The van der Waals surface area contributed by atoms with Gasteiger partial charge in [-0.05, 0) is 23.6 Å². The second-order valence-electron chi connectivity index (χ2n) is 6.09. The third-order valence-electron chi connectivity index (χ3n) is 4.33. The Morgan fingerprint density at radius 3 is 2.56 bits per heavy atom. The van der Waals surface area contributed by atoms with Crippen LogP contribution < -0.4 is 16.0 Å². The molecule has 1 fully saturated rings. The van der Waals surface area contributed by atoms with Crippen molar-refractivity contribution >= 4 is 11.6 Å². The third kappa shape index (κ3) is 5.22. The van der Waals surface area contributed by atoms with E-state index in [1.807, 2.05) is 12.1 Å². The summed E-state index contributed by atoms with van der Waals surface area (Å²) in [6.45, 7) is 4.76. The first kappa shape index (κ1) is 17.3. The Labute approximate surface area is 149 Å². The summed E-state index contributed by atoms with van der Waals surface area (Å²) < 4.78 is 5.44. The summed E-state index contributed by atoms with van der Waals surface area (Å²) in [5, 5.41) is 3.19. The Morgan fingerprint density at radius 1 is 1.04 bits per heavy atom. The average molecular weight is 338 g/mol. The molecule has 0 amide bonds. The molecule has 2 aromatic rings. The number of guanidine groups is 1. The summed E-state index contributed by atoms with van der Waals surface area (Å²) in [7, 11) is 0. The number of nitrogens with zero attached hydrogens (tertiary/aromatic N) is 2. The first-order chi connectivity index (χ1) is 12.3. The van der Waals surface area contributed by atoms with Gasteiger partial charge in [-0.25, -0.2) is 4.99 Å². The van der Waals surface area contributed by atoms with Crippen LogP contribution >= 0.6 is 0 Å². The summed E-state index contributed by atoms with van der Waals surface area (Å²) in [5.41, 5.74) is 9.73. The summed E-state index contributed by atoms with van der Waals surface area (Å²) in [6, 6.07) is 18.7. The van der Waals surface area contributed by atoms with Crippen molar-refractivity contribution in [2.75, 3.05) is 37.7 Å². The van der Waals surface area contributed by atoms with Crippen molar-refractivity contribution in [3.05, 3.63) is 65.7 Å². The number of hydrogen-bond donors (Lipinski definition) is 2. The van der Waals surface area contributed by atoms with E-state index in [1.54, 1.807) is 0 Å². The van der Waals surface area contributed by atoms with E-state index in [1.165, 1.54) is 16.8 Å². The molecule has 0 aliphatic carbocycles. The smallest absolute Gasteiger partial charge is 0.188 e. The van der Waals surface area contributed by atoms with Crippen LogP contribution in [0.4, 0.5) is 5.69 Å².